The van der Waals surface area contributed by atoms with Gasteiger partial charge in [0.2, 0.25) is 0 Å². The van der Waals surface area contributed by atoms with Crippen LogP contribution < -0.4 is 5.32 Å². The molecule has 1 atom stereocenters. The molecular weight excluding hydrogens is 273 g/mol. The van der Waals surface area contributed by atoms with Crippen LogP contribution in [0.4, 0.5) is 4.39 Å². The van der Waals surface area contributed by atoms with Crippen LogP contribution in [0.3, 0.4) is 0 Å². The third-order valence-electron chi connectivity index (χ3n) is 3.03. The third-order valence-corrected chi connectivity index (χ3v) is 3.71. The first kappa shape index (κ1) is 12.0. The van der Waals surface area contributed by atoms with Gasteiger partial charge < -0.3 is 10.4 Å². The number of aliphatic hydroxyl groups excluding tert-OH is 1. The minimum atomic E-state index is -0.234. The lowest BCUT2D eigenvalue weighted by Gasteiger charge is -2.34. The summed E-state index contributed by atoms with van der Waals surface area (Å²) in [7, 11) is 0. The van der Waals surface area contributed by atoms with Crippen LogP contribution in [0, 0.1) is 5.82 Å². The minimum Gasteiger partial charge on any atom is -0.393 e. The zero-order chi connectivity index (χ0) is 11.7. The van der Waals surface area contributed by atoms with Crippen LogP contribution in [0.1, 0.15) is 31.4 Å². The van der Waals surface area contributed by atoms with Gasteiger partial charge in [-0.2, -0.15) is 0 Å². The van der Waals surface area contributed by atoms with Crippen LogP contribution in [0.25, 0.3) is 0 Å². The molecule has 1 aliphatic rings. The van der Waals surface area contributed by atoms with E-state index in [2.05, 4.69) is 21.2 Å². The number of hydrogen-bond acceptors (Lipinski definition) is 2. The highest BCUT2D eigenvalue weighted by Crippen LogP contribution is 2.27. The Labute approximate surface area is 103 Å². The molecule has 1 aromatic carbocycles. The highest BCUT2D eigenvalue weighted by atomic mass is 79.9. The van der Waals surface area contributed by atoms with E-state index in [-0.39, 0.29) is 18.0 Å². The molecule has 0 radical (unpaired) electrons. The number of benzene rings is 1. The van der Waals surface area contributed by atoms with Crippen molar-refractivity contribution in [3.8, 4) is 0 Å². The molecule has 1 aliphatic carbocycles. The molecule has 1 fully saturated rings. The minimum absolute atomic E-state index is 0.152. The van der Waals surface area contributed by atoms with E-state index in [0.717, 1.165) is 22.9 Å². The molecule has 2 rings (SSSR count). The Balaban J connectivity index is 2.00. The van der Waals surface area contributed by atoms with Crippen molar-refractivity contribution in [2.24, 2.45) is 0 Å². The summed E-state index contributed by atoms with van der Waals surface area (Å²) in [5.41, 5.74) is 1.04. The molecule has 0 aromatic heterocycles. The Morgan fingerprint density at radius 3 is 2.75 bits per heavy atom. The first-order chi connectivity index (χ1) is 7.56. The van der Waals surface area contributed by atoms with Crippen molar-refractivity contribution < 1.29 is 9.50 Å². The standard InChI is InChI=1S/C12H15BrFNO/c1-7(15-9-5-10(16)6-9)11-3-2-8(14)4-12(11)13/h2-4,7,9-10,15-16H,5-6H2,1H3. The van der Waals surface area contributed by atoms with Crippen LogP contribution in [-0.2, 0) is 0 Å². The van der Waals surface area contributed by atoms with Crippen molar-refractivity contribution in [1.82, 2.24) is 5.32 Å². The largest absolute Gasteiger partial charge is 0.393 e. The molecule has 1 unspecified atom stereocenters. The smallest absolute Gasteiger partial charge is 0.124 e. The molecule has 0 saturated heterocycles. The topological polar surface area (TPSA) is 32.3 Å². The molecule has 2 nitrogen and oxygen atoms in total. The summed E-state index contributed by atoms with van der Waals surface area (Å²) in [5, 5.41) is 12.6. The molecule has 4 heteroatoms. The molecule has 2 N–H and O–H groups in total. The molecule has 0 heterocycles. The summed E-state index contributed by atoms with van der Waals surface area (Å²) in [6.07, 6.45) is 1.47. The van der Waals surface area contributed by atoms with Crippen LogP contribution in [0.5, 0.6) is 0 Å². The number of halogens is 2. The summed E-state index contributed by atoms with van der Waals surface area (Å²) in [6, 6.07) is 5.26. The first-order valence-corrected chi connectivity index (χ1v) is 6.24. The quantitative estimate of drug-likeness (QED) is 0.896. The van der Waals surface area contributed by atoms with Crippen molar-refractivity contribution in [1.29, 1.82) is 0 Å². The Hall–Kier alpha value is -0.450. The zero-order valence-corrected chi connectivity index (χ0v) is 10.7. The predicted molar refractivity (Wildman–Crippen MR) is 64.7 cm³/mol. The van der Waals surface area contributed by atoms with E-state index in [1.807, 2.05) is 6.92 Å². The highest BCUT2D eigenvalue weighted by Gasteiger charge is 2.28. The second-order valence-electron chi connectivity index (χ2n) is 4.38. The van der Waals surface area contributed by atoms with E-state index in [4.69, 9.17) is 0 Å². The summed E-state index contributed by atoms with van der Waals surface area (Å²) >= 11 is 3.36. The summed E-state index contributed by atoms with van der Waals surface area (Å²) in [6.45, 7) is 2.04. The maximum absolute atomic E-state index is 12.9. The SMILES string of the molecule is CC(NC1CC(O)C1)c1ccc(F)cc1Br. The van der Waals surface area contributed by atoms with Gasteiger partial charge in [0.25, 0.3) is 0 Å². The molecule has 1 aromatic rings. The lowest BCUT2D eigenvalue weighted by molar-refractivity contribution is 0.0585. The normalized spacial score (nSPS) is 26.2. The van der Waals surface area contributed by atoms with Crippen LogP contribution in [0.2, 0.25) is 0 Å². The van der Waals surface area contributed by atoms with Gasteiger partial charge in [0.1, 0.15) is 5.82 Å². The predicted octanol–water partition coefficient (Wildman–Crippen LogP) is 2.76. The second kappa shape index (κ2) is 4.82. The van der Waals surface area contributed by atoms with E-state index in [0.29, 0.717) is 6.04 Å². The Morgan fingerprint density at radius 2 is 2.19 bits per heavy atom. The molecule has 0 bridgehead atoms. The van der Waals surface area contributed by atoms with Crippen LogP contribution in [0.15, 0.2) is 22.7 Å². The van der Waals surface area contributed by atoms with E-state index in [9.17, 15) is 9.50 Å². The maximum atomic E-state index is 12.9. The van der Waals surface area contributed by atoms with Crippen molar-refractivity contribution in [2.45, 2.75) is 38.0 Å². The number of nitrogens with one attached hydrogen (secondary N) is 1. The summed E-state index contributed by atoms with van der Waals surface area (Å²) in [4.78, 5) is 0. The molecule has 1 saturated carbocycles. The number of hydrogen-bond donors (Lipinski definition) is 2. The van der Waals surface area contributed by atoms with Crippen molar-refractivity contribution in [3.63, 3.8) is 0 Å². The molecule has 0 amide bonds. The van der Waals surface area contributed by atoms with E-state index < -0.39 is 0 Å². The second-order valence-corrected chi connectivity index (χ2v) is 5.23. The number of rotatable bonds is 3. The lowest BCUT2D eigenvalue weighted by Crippen LogP contribution is -2.45. The average Bonchev–Trinajstić information content (AvgIpc) is 2.15. The van der Waals surface area contributed by atoms with Gasteiger partial charge in [0, 0.05) is 16.6 Å². The number of aliphatic hydroxyl groups is 1. The zero-order valence-electron chi connectivity index (χ0n) is 9.08. The fraction of sp³-hybridized carbons (Fsp3) is 0.500. The third kappa shape index (κ3) is 2.62. The van der Waals surface area contributed by atoms with Crippen LogP contribution in [-0.4, -0.2) is 17.3 Å². The van der Waals surface area contributed by atoms with Gasteiger partial charge in [-0.05, 0) is 37.5 Å². The Bertz CT molecular complexity index is 379. The first-order valence-electron chi connectivity index (χ1n) is 5.45. The summed E-state index contributed by atoms with van der Waals surface area (Å²) < 4.78 is 13.7. The molecular formula is C12H15BrFNO. The van der Waals surface area contributed by atoms with Gasteiger partial charge in [-0.1, -0.05) is 22.0 Å². The van der Waals surface area contributed by atoms with Gasteiger partial charge in [0.05, 0.1) is 6.10 Å². The Kier molecular flexibility index (Phi) is 3.62. The summed E-state index contributed by atoms with van der Waals surface area (Å²) in [5.74, 6) is -0.234. The van der Waals surface area contributed by atoms with Crippen molar-refractivity contribution in [2.75, 3.05) is 0 Å². The fourth-order valence-corrected chi connectivity index (χ4v) is 2.71. The van der Waals surface area contributed by atoms with Crippen LogP contribution >= 0.6 is 15.9 Å². The fourth-order valence-electron chi connectivity index (χ4n) is 2.02. The molecule has 88 valence electrons. The van der Waals surface area contributed by atoms with Gasteiger partial charge in [-0.3, -0.25) is 0 Å². The van der Waals surface area contributed by atoms with Gasteiger partial charge in [0.15, 0.2) is 0 Å². The van der Waals surface area contributed by atoms with Crippen molar-refractivity contribution >= 4 is 15.9 Å². The van der Waals surface area contributed by atoms with Crippen molar-refractivity contribution in [3.05, 3.63) is 34.1 Å². The van der Waals surface area contributed by atoms with Gasteiger partial charge in [-0.15, -0.1) is 0 Å². The van der Waals surface area contributed by atoms with Gasteiger partial charge >= 0.3 is 0 Å². The lowest BCUT2D eigenvalue weighted by atomic mass is 9.88. The van der Waals surface area contributed by atoms with Gasteiger partial charge in [-0.25, -0.2) is 4.39 Å². The highest BCUT2D eigenvalue weighted by molar-refractivity contribution is 9.10. The molecule has 16 heavy (non-hydrogen) atoms. The van der Waals surface area contributed by atoms with E-state index in [1.165, 1.54) is 12.1 Å². The molecule has 0 spiro atoms. The Morgan fingerprint density at radius 1 is 1.50 bits per heavy atom. The average molecular weight is 288 g/mol. The van der Waals surface area contributed by atoms with E-state index in [1.54, 1.807) is 6.07 Å². The molecule has 0 aliphatic heterocycles. The maximum Gasteiger partial charge on any atom is 0.124 e. The monoisotopic (exact) mass is 287 g/mol. The van der Waals surface area contributed by atoms with E-state index >= 15 is 0 Å².